The van der Waals surface area contributed by atoms with Crippen molar-refractivity contribution >= 4 is 29.3 Å². The number of hydrogen-bond acceptors (Lipinski definition) is 3. The summed E-state index contributed by atoms with van der Waals surface area (Å²) in [6.45, 7) is 1.87. The molecule has 0 atom stereocenters. The minimum atomic E-state index is -0.499. The molecule has 2 rings (SSSR count). The fourth-order valence-electron chi connectivity index (χ4n) is 1.83. The fraction of sp³-hybridized carbons (Fsp3) is 0.0588. The SMILES string of the molecule is Cc1ccccc1NC(=O)/C(C#N)=C\c1ccc(O)c(Cl)c1. The highest BCUT2D eigenvalue weighted by molar-refractivity contribution is 6.32. The molecule has 0 aliphatic heterocycles. The lowest BCUT2D eigenvalue weighted by molar-refractivity contribution is -0.112. The van der Waals surface area contributed by atoms with Crippen molar-refractivity contribution < 1.29 is 9.90 Å². The molecule has 2 aromatic carbocycles. The number of benzene rings is 2. The molecule has 4 nitrogen and oxygen atoms in total. The molecular weight excluding hydrogens is 300 g/mol. The van der Waals surface area contributed by atoms with Crippen molar-refractivity contribution in [1.29, 1.82) is 5.26 Å². The van der Waals surface area contributed by atoms with Crippen LogP contribution >= 0.6 is 11.6 Å². The smallest absolute Gasteiger partial charge is 0.266 e. The number of carbonyl (C=O) groups is 1. The maximum Gasteiger partial charge on any atom is 0.266 e. The van der Waals surface area contributed by atoms with Gasteiger partial charge in [0.1, 0.15) is 17.4 Å². The average molecular weight is 313 g/mol. The molecule has 0 aliphatic carbocycles. The topological polar surface area (TPSA) is 73.1 Å². The van der Waals surface area contributed by atoms with Gasteiger partial charge >= 0.3 is 0 Å². The van der Waals surface area contributed by atoms with E-state index in [9.17, 15) is 9.90 Å². The highest BCUT2D eigenvalue weighted by atomic mass is 35.5. The molecule has 2 N–H and O–H groups in total. The maximum atomic E-state index is 12.2. The largest absolute Gasteiger partial charge is 0.506 e. The Labute approximate surface area is 133 Å². The molecule has 0 saturated carbocycles. The van der Waals surface area contributed by atoms with E-state index in [0.717, 1.165) is 5.56 Å². The summed E-state index contributed by atoms with van der Waals surface area (Å²) >= 11 is 5.81. The molecule has 22 heavy (non-hydrogen) atoms. The standard InChI is InChI=1S/C17H13ClN2O2/c1-11-4-2-3-5-15(11)20-17(22)13(10-19)8-12-6-7-16(21)14(18)9-12/h2-9,21H,1H3,(H,20,22)/b13-8-. The lowest BCUT2D eigenvalue weighted by Crippen LogP contribution is -2.14. The number of aryl methyl sites for hydroxylation is 1. The lowest BCUT2D eigenvalue weighted by Gasteiger charge is -2.07. The van der Waals surface area contributed by atoms with Gasteiger partial charge in [0.05, 0.1) is 5.02 Å². The van der Waals surface area contributed by atoms with Gasteiger partial charge in [-0.05, 0) is 42.3 Å². The number of aromatic hydroxyl groups is 1. The first-order valence-electron chi connectivity index (χ1n) is 6.48. The predicted octanol–water partition coefficient (Wildman–Crippen LogP) is 3.90. The van der Waals surface area contributed by atoms with Gasteiger partial charge in [-0.2, -0.15) is 5.26 Å². The Kier molecular flexibility index (Phi) is 4.82. The highest BCUT2D eigenvalue weighted by Crippen LogP contribution is 2.25. The van der Waals surface area contributed by atoms with Gasteiger partial charge in [0, 0.05) is 5.69 Å². The number of para-hydroxylation sites is 1. The molecule has 0 heterocycles. The molecule has 0 spiro atoms. The van der Waals surface area contributed by atoms with E-state index < -0.39 is 5.91 Å². The summed E-state index contributed by atoms with van der Waals surface area (Å²) in [6, 6.07) is 13.6. The summed E-state index contributed by atoms with van der Waals surface area (Å²) in [4.78, 5) is 12.2. The van der Waals surface area contributed by atoms with Gasteiger partial charge in [-0.25, -0.2) is 0 Å². The first-order valence-corrected chi connectivity index (χ1v) is 6.86. The minimum Gasteiger partial charge on any atom is -0.506 e. The van der Waals surface area contributed by atoms with Gasteiger partial charge in [-0.3, -0.25) is 4.79 Å². The lowest BCUT2D eigenvalue weighted by atomic mass is 10.1. The van der Waals surface area contributed by atoms with E-state index in [1.807, 2.05) is 25.1 Å². The number of carbonyl (C=O) groups excluding carboxylic acids is 1. The molecule has 0 saturated heterocycles. The van der Waals surface area contributed by atoms with Crippen LogP contribution in [0.2, 0.25) is 5.02 Å². The molecule has 2 aromatic rings. The molecule has 5 heteroatoms. The third-order valence-electron chi connectivity index (χ3n) is 3.04. The van der Waals surface area contributed by atoms with Crippen LogP contribution in [0.25, 0.3) is 6.08 Å². The molecule has 0 radical (unpaired) electrons. The monoisotopic (exact) mass is 312 g/mol. The molecule has 1 amide bonds. The number of amides is 1. The fourth-order valence-corrected chi connectivity index (χ4v) is 2.02. The second-order valence-electron chi connectivity index (χ2n) is 4.65. The zero-order chi connectivity index (χ0) is 16.1. The van der Waals surface area contributed by atoms with E-state index in [1.54, 1.807) is 18.2 Å². The number of nitrogens with one attached hydrogen (secondary N) is 1. The number of anilines is 1. The number of rotatable bonds is 3. The van der Waals surface area contributed by atoms with Crippen LogP contribution in [0.15, 0.2) is 48.0 Å². The Hall–Kier alpha value is -2.77. The second kappa shape index (κ2) is 6.79. The first-order chi connectivity index (χ1) is 10.5. The zero-order valence-corrected chi connectivity index (χ0v) is 12.6. The summed E-state index contributed by atoms with van der Waals surface area (Å²) in [6.07, 6.45) is 1.42. The van der Waals surface area contributed by atoms with Crippen LogP contribution in [-0.4, -0.2) is 11.0 Å². The van der Waals surface area contributed by atoms with E-state index in [0.29, 0.717) is 11.3 Å². The number of nitrogens with zero attached hydrogens (tertiary/aromatic N) is 1. The highest BCUT2D eigenvalue weighted by Gasteiger charge is 2.11. The number of hydrogen-bond donors (Lipinski definition) is 2. The Morgan fingerprint density at radius 3 is 2.68 bits per heavy atom. The number of phenolic OH excluding ortho intramolecular Hbond substituents is 1. The van der Waals surface area contributed by atoms with Crippen LogP contribution in [0.3, 0.4) is 0 Å². The quantitative estimate of drug-likeness (QED) is 0.667. The molecule has 110 valence electrons. The number of halogens is 1. The van der Waals surface area contributed by atoms with Gasteiger partial charge in [-0.1, -0.05) is 35.9 Å². The minimum absolute atomic E-state index is 0.0509. The Bertz CT molecular complexity index is 791. The van der Waals surface area contributed by atoms with E-state index in [4.69, 9.17) is 16.9 Å². The van der Waals surface area contributed by atoms with Crippen molar-refractivity contribution in [3.8, 4) is 11.8 Å². The van der Waals surface area contributed by atoms with Crippen LogP contribution in [0.4, 0.5) is 5.69 Å². The van der Waals surface area contributed by atoms with Crippen LogP contribution < -0.4 is 5.32 Å². The first kappa shape index (κ1) is 15.6. The van der Waals surface area contributed by atoms with Crippen LogP contribution in [0, 0.1) is 18.3 Å². The number of phenols is 1. The van der Waals surface area contributed by atoms with Crippen molar-refractivity contribution in [2.24, 2.45) is 0 Å². The van der Waals surface area contributed by atoms with E-state index >= 15 is 0 Å². The Morgan fingerprint density at radius 2 is 2.05 bits per heavy atom. The van der Waals surface area contributed by atoms with Gasteiger partial charge in [-0.15, -0.1) is 0 Å². The average Bonchev–Trinajstić information content (AvgIpc) is 2.50. The van der Waals surface area contributed by atoms with E-state index in [1.165, 1.54) is 18.2 Å². The van der Waals surface area contributed by atoms with Crippen molar-refractivity contribution in [3.63, 3.8) is 0 Å². The van der Waals surface area contributed by atoms with Gasteiger partial charge in [0.15, 0.2) is 0 Å². The summed E-state index contributed by atoms with van der Waals surface area (Å²) < 4.78 is 0. The second-order valence-corrected chi connectivity index (χ2v) is 5.06. The van der Waals surface area contributed by atoms with Gasteiger partial charge in [0.2, 0.25) is 0 Å². The van der Waals surface area contributed by atoms with Crippen molar-refractivity contribution in [3.05, 3.63) is 64.2 Å². The summed E-state index contributed by atoms with van der Waals surface area (Å²) in [5.41, 5.74) is 2.06. The molecule has 0 fully saturated rings. The summed E-state index contributed by atoms with van der Waals surface area (Å²) in [5.74, 6) is -0.553. The van der Waals surface area contributed by atoms with Crippen LogP contribution in [0.5, 0.6) is 5.75 Å². The van der Waals surface area contributed by atoms with Gasteiger partial charge in [0.25, 0.3) is 5.91 Å². The molecule has 0 unspecified atom stereocenters. The normalized spacial score (nSPS) is 10.9. The van der Waals surface area contributed by atoms with Crippen molar-refractivity contribution in [1.82, 2.24) is 0 Å². The van der Waals surface area contributed by atoms with E-state index in [-0.39, 0.29) is 16.3 Å². The number of nitriles is 1. The van der Waals surface area contributed by atoms with Crippen molar-refractivity contribution in [2.75, 3.05) is 5.32 Å². The zero-order valence-electron chi connectivity index (χ0n) is 11.8. The molecule has 0 aromatic heterocycles. The Morgan fingerprint density at radius 1 is 1.32 bits per heavy atom. The van der Waals surface area contributed by atoms with Crippen molar-refractivity contribution in [2.45, 2.75) is 6.92 Å². The third-order valence-corrected chi connectivity index (χ3v) is 3.34. The molecule has 0 aliphatic rings. The molecular formula is C17H13ClN2O2. The molecule has 0 bridgehead atoms. The Balaban J connectivity index is 2.26. The third kappa shape index (κ3) is 3.66. The maximum absolute atomic E-state index is 12.2. The summed E-state index contributed by atoms with van der Waals surface area (Å²) in [5, 5.41) is 21.4. The van der Waals surface area contributed by atoms with Crippen LogP contribution in [0.1, 0.15) is 11.1 Å². The van der Waals surface area contributed by atoms with Crippen LogP contribution in [-0.2, 0) is 4.79 Å². The summed E-state index contributed by atoms with van der Waals surface area (Å²) in [7, 11) is 0. The predicted molar refractivity (Wildman–Crippen MR) is 86.5 cm³/mol. The van der Waals surface area contributed by atoms with Gasteiger partial charge < -0.3 is 10.4 Å². The van der Waals surface area contributed by atoms with E-state index in [2.05, 4.69) is 5.32 Å².